The zero-order valence-electron chi connectivity index (χ0n) is 18.9. The van der Waals surface area contributed by atoms with Crippen molar-refractivity contribution in [1.29, 1.82) is 0 Å². The highest BCUT2D eigenvalue weighted by Gasteiger charge is 2.30. The second kappa shape index (κ2) is 11.2. The third-order valence-electron chi connectivity index (χ3n) is 6.68. The van der Waals surface area contributed by atoms with Gasteiger partial charge in [-0.1, -0.05) is 61.4 Å². The molecule has 0 saturated carbocycles. The predicted molar refractivity (Wildman–Crippen MR) is 126 cm³/mol. The lowest BCUT2D eigenvalue weighted by molar-refractivity contribution is -0.141. The van der Waals surface area contributed by atoms with Crippen LogP contribution in [0.4, 0.5) is 0 Å². The zero-order valence-corrected chi connectivity index (χ0v) is 18.9. The van der Waals surface area contributed by atoms with Crippen molar-refractivity contribution in [3.05, 3.63) is 65.7 Å². The molecule has 0 atom stereocenters. The molecule has 2 saturated heterocycles. The van der Waals surface area contributed by atoms with Crippen molar-refractivity contribution in [3.63, 3.8) is 0 Å². The Hall–Kier alpha value is -2.82. The molecule has 32 heavy (non-hydrogen) atoms. The van der Waals surface area contributed by atoms with Gasteiger partial charge in [-0.05, 0) is 42.9 Å². The van der Waals surface area contributed by atoms with Gasteiger partial charge >= 0.3 is 0 Å². The molecule has 2 aliphatic rings. The van der Waals surface area contributed by atoms with Crippen LogP contribution >= 0.6 is 0 Å². The highest BCUT2D eigenvalue weighted by molar-refractivity contribution is 5.80. The molecule has 5 nitrogen and oxygen atoms in total. The maximum atomic E-state index is 12.9. The fourth-order valence-electron chi connectivity index (χ4n) is 4.76. The van der Waals surface area contributed by atoms with E-state index in [1.54, 1.807) is 0 Å². The number of carbonyl (C=O) groups excluding carboxylic acids is 2. The van der Waals surface area contributed by atoms with Crippen LogP contribution in [0.3, 0.4) is 0 Å². The Kier molecular flexibility index (Phi) is 7.81. The minimum atomic E-state index is 0.000172. The van der Waals surface area contributed by atoms with Crippen LogP contribution < -0.4 is 4.74 Å². The van der Waals surface area contributed by atoms with Gasteiger partial charge in [0, 0.05) is 38.5 Å². The average Bonchev–Trinajstić information content (AvgIpc) is 3.13. The Bertz CT molecular complexity index is 883. The highest BCUT2D eigenvalue weighted by Crippen LogP contribution is 2.24. The lowest BCUT2D eigenvalue weighted by atomic mass is 9.95. The van der Waals surface area contributed by atoms with Crippen molar-refractivity contribution in [3.8, 4) is 5.75 Å². The summed E-state index contributed by atoms with van der Waals surface area (Å²) < 4.78 is 5.94. The van der Waals surface area contributed by atoms with Gasteiger partial charge in [-0.15, -0.1) is 0 Å². The summed E-state index contributed by atoms with van der Waals surface area (Å²) >= 11 is 0. The molecule has 2 amide bonds. The number of hydrogen-bond donors (Lipinski definition) is 0. The maximum absolute atomic E-state index is 12.9. The fourth-order valence-corrected chi connectivity index (χ4v) is 4.76. The van der Waals surface area contributed by atoms with Gasteiger partial charge in [0.05, 0.1) is 0 Å². The lowest BCUT2D eigenvalue weighted by Gasteiger charge is -2.34. The molecule has 2 aromatic carbocycles. The Labute approximate surface area is 191 Å². The van der Waals surface area contributed by atoms with E-state index in [4.69, 9.17) is 4.74 Å². The van der Waals surface area contributed by atoms with E-state index >= 15 is 0 Å². The van der Waals surface area contributed by atoms with Crippen LogP contribution in [0.15, 0.2) is 54.6 Å². The second-order valence-corrected chi connectivity index (χ2v) is 8.95. The van der Waals surface area contributed by atoms with Crippen molar-refractivity contribution < 1.29 is 14.3 Å². The Morgan fingerprint density at radius 2 is 1.44 bits per heavy atom. The first kappa shape index (κ1) is 22.4. The molecular formula is C27H34N2O3. The van der Waals surface area contributed by atoms with Crippen LogP contribution in [0.2, 0.25) is 0 Å². The van der Waals surface area contributed by atoms with E-state index < -0.39 is 0 Å². The van der Waals surface area contributed by atoms with Crippen molar-refractivity contribution in [2.75, 3.05) is 32.8 Å². The van der Waals surface area contributed by atoms with Gasteiger partial charge in [-0.25, -0.2) is 0 Å². The summed E-state index contributed by atoms with van der Waals surface area (Å²) in [5.41, 5.74) is 2.29. The molecule has 0 spiro atoms. The number of likely N-dealkylation sites (tertiary alicyclic amines) is 2. The first-order valence-electron chi connectivity index (χ1n) is 12.0. The quantitative estimate of drug-likeness (QED) is 0.681. The third-order valence-corrected chi connectivity index (χ3v) is 6.68. The van der Waals surface area contributed by atoms with Crippen LogP contribution in [0.1, 0.15) is 49.7 Å². The molecule has 4 rings (SSSR count). The molecular weight excluding hydrogens is 400 g/mol. The Morgan fingerprint density at radius 3 is 2.16 bits per heavy atom. The minimum Gasteiger partial charge on any atom is -0.483 e. The molecule has 2 aromatic rings. The van der Waals surface area contributed by atoms with Crippen LogP contribution in [-0.4, -0.2) is 54.4 Å². The van der Waals surface area contributed by atoms with E-state index in [-0.39, 0.29) is 18.4 Å². The van der Waals surface area contributed by atoms with Gasteiger partial charge in [0.25, 0.3) is 5.91 Å². The number of rotatable bonds is 6. The standard InChI is InChI=1S/C27H34N2O3/c30-26(21-32-25-13-7-6-12-24(25)20-22-10-4-3-5-11-22)28-18-14-23(15-19-28)27(31)29-16-8-1-2-9-17-29/h3-7,10-13,23H,1-2,8-9,14-21H2. The van der Waals surface area contributed by atoms with E-state index in [0.717, 1.165) is 56.5 Å². The van der Waals surface area contributed by atoms with Crippen molar-refractivity contribution >= 4 is 11.8 Å². The molecule has 0 radical (unpaired) electrons. The maximum Gasteiger partial charge on any atom is 0.260 e. The molecule has 170 valence electrons. The van der Waals surface area contributed by atoms with Crippen molar-refractivity contribution in [1.82, 2.24) is 9.80 Å². The first-order chi connectivity index (χ1) is 15.7. The minimum absolute atomic E-state index is 0.000172. The molecule has 2 heterocycles. The van der Waals surface area contributed by atoms with E-state index in [1.807, 2.05) is 47.4 Å². The van der Waals surface area contributed by atoms with E-state index in [9.17, 15) is 9.59 Å². The molecule has 5 heteroatoms. The summed E-state index contributed by atoms with van der Waals surface area (Å²) in [6, 6.07) is 18.2. The van der Waals surface area contributed by atoms with Gasteiger partial charge in [0.2, 0.25) is 5.91 Å². The Balaban J connectivity index is 1.26. The second-order valence-electron chi connectivity index (χ2n) is 8.95. The summed E-state index contributed by atoms with van der Waals surface area (Å²) in [6.45, 7) is 3.11. The molecule has 2 aliphatic heterocycles. The molecule has 0 unspecified atom stereocenters. The number of nitrogens with zero attached hydrogens (tertiary/aromatic N) is 2. The molecule has 0 N–H and O–H groups in total. The number of para-hydroxylation sites is 1. The predicted octanol–water partition coefficient (Wildman–Crippen LogP) is 4.30. The summed E-state index contributed by atoms with van der Waals surface area (Å²) in [5, 5.41) is 0. The number of hydrogen-bond acceptors (Lipinski definition) is 3. The monoisotopic (exact) mass is 434 g/mol. The zero-order chi connectivity index (χ0) is 22.2. The van der Waals surface area contributed by atoms with Crippen molar-refractivity contribution in [2.45, 2.75) is 44.9 Å². The normalized spacial score (nSPS) is 17.6. The highest BCUT2D eigenvalue weighted by atomic mass is 16.5. The third kappa shape index (κ3) is 5.90. The van der Waals surface area contributed by atoms with Gasteiger partial charge in [-0.3, -0.25) is 9.59 Å². The largest absolute Gasteiger partial charge is 0.483 e. The molecule has 2 fully saturated rings. The van der Waals surface area contributed by atoms with Crippen LogP contribution in [0.5, 0.6) is 5.75 Å². The smallest absolute Gasteiger partial charge is 0.260 e. The van der Waals surface area contributed by atoms with Gasteiger partial charge in [0.15, 0.2) is 6.61 Å². The number of amides is 2. The topological polar surface area (TPSA) is 49.9 Å². The number of benzene rings is 2. The number of piperidine rings is 1. The lowest BCUT2D eigenvalue weighted by Crippen LogP contribution is -2.45. The average molecular weight is 435 g/mol. The van der Waals surface area contributed by atoms with Crippen molar-refractivity contribution in [2.24, 2.45) is 5.92 Å². The number of carbonyl (C=O) groups is 2. The van der Waals surface area contributed by atoms with Gasteiger partial charge < -0.3 is 14.5 Å². The Morgan fingerprint density at radius 1 is 0.781 bits per heavy atom. The summed E-state index contributed by atoms with van der Waals surface area (Å²) in [6.07, 6.45) is 6.97. The summed E-state index contributed by atoms with van der Waals surface area (Å²) in [7, 11) is 0. The molecule has 0 aromatic heterocycles. The van der Waals surface area contributed by atoms with Gasteiger partial charge in [0.1, 0.15) is 5.75 Å². The van der Waals surface area contributed by atoms with E-state index in [2.05, 4.69) is 17.0 Å². The van der Waals surface area contributed by atoms with Gasteiger partial charge in [-0.2, -0.15) is 0 Å². The summed E-state index contributed by atoms with van der Waals surface area (Å²) in [4.78, 5) is 29.6. The molecule has 0 aliphatic carbocycles. The number of ether oxygens (including phenoxy) is 1. The van der Waals surface area contributed by atoms with Crippen LogP contribution in [0.25, 0.3) is 0 Å². The van der Waals surface area contributed by atoms with E-state index in [1.165, 1.54) is 18.4 Å². The summed E-state index contributed by atoms with van der Waals surface area (Å²) in [5.74, 6) is 1.12. The SMILES string of the molecule is O=C(COc1ccccc1Cc1ccccc1)N1CCC(C(=O)N2CCCCCC2)CC1. The van der Waals surface area contributed by atoms with Crippen LogP contribution in [-0.2, 0) is 16.0 Å². The fraction of sp³-hybridized carbons (Fsp3) is 0.481. The van der Waals surface area contributed by atoms with Crippen LogP contribution in [0, 0.1) is 5.92 Å². The molecule has 0 bridgehead atoms. The first-order valence-corrected chi connectivity index (χ1v) is 12.0. The van der Waals surface area contributed by atoms with E-state index in [0.29, 0.717) is 19.0 Å².